The smallest absolute Gasteiger partial charge is 0.263 e. The lowest BCUT2D eigenvalue weighted by molar-refractivity contribution is 0.734. The molecule has 0 saturated heterocycles. The monoisotopic (exact) mass is 384 g/mol. The molecular formula is C24H24N4O. The van der Waals surface area contributed by atoms with E-state index < -0.39 is 0 Å². The summed E-state index contributed by atoms with van der Waals surface area (Å²) in [7, 11) is 3.95. The van der Waals surface area contributed by atoms with Gasteiger partial charge in [0.25, 0.3) is 5.56 Å². The van der Waals surface area contributed by atoms with Crippen LogP contribution in [0.1, 0.15) is 18.7 Å². The molecule has 4 rings (SSSR count). The first-order valence-electron chi connectivity index (χ1n) is 9.60. The highest BCUT2D eigenvalue weighted by molar-refractivity contribution is 5.96. The number of hydrogen-bond acceptors (Lipinski definition) is 4. The van der Waals surface area contributed by atoms with Crippen LogP contribution in [0.25, 0.3) is 27.6 Å². The molecule has 146 valence electrons. The van der Waals surface area contributed by atoms with Gasteiger partial charge in [-0.15, -0.1) is 0 Å². The molecule has 1 atom stereocenters. The standard InChI is InChI=1S/C24H24N4O/c1-16(25)22-13-17-8-7-11-21(18-12-20(27(2)3)15-26-14-18)23(17)24(29)28(22)19-9-5-4-6-10-19/h4-16H,25H2,1-3H3/t16-/m0/s1. The van der Waals surface area contributed by atoms with Crippen LogP contribution >= 0.6 is 0 Å². The lowest BCUT2D eigenvalue weighted by atomic mass is 9.98. The first kappa shape index (κ1) is 18.9. The SMILES string of the molecule is C[C@H](N)c1cc2cccc(-c3cncc(N(C)C)c3)c2c(=O)n1-c1ccccc1. The Balaban J connectivity index is 2.07. The second-order valence-electron chi connectivity index (χ2n) is 7.43. The average Bonchev–Trinajstić information content (AvgIpc) is 2.73. The summed E-state index contributed by atoms with van der Waals surface area (Å²) in [6, 6.07) is 19.3. The van der Waals surface area contributed by atoms with Crippen LogP contribution in [0.15, 0.2) is 77.9 Å². The van der Waals surface area contributed by atoms with E-state index in [1.165, 1.54) is 0 Å². The second-order valence-corrected chi connectivity index (χ2v) is 7.43. The first-order valence-corrected chi connectivity index (χ1v) is 9.60. The van der Waals surface area contributed by atoms with E-state index in [4.69, 9.17) is 5.73 Å². The van der Waals surface area contributed by atoms with Crippen molar-refractivity contribution in [3.05, 3.63) is 89.1 Å². The summed E-state index contributed by atoms with van der Waals surface area (Å²) < 4.78 is 1.72. The maximum atomic E-state index is 13.7. The molecule has 2 heterocycles. The summed E-state index contributed by atoms with van der Waals surface area (Å²) in [6.07, 6.45) is 3.61. The highest BCUT2D eigenvalue weighted by Gasteiger charge is 2.17. The largest absolute Gasteiger partial charge is 0.376 e. The molecule has 0 radical (unpaired) electrons. The van der Waals surface area contributed by atoms with Gasteiger partial charge in [-0.3, -0.25) is 14.3 Å². The van der Waals surface area contributed by atoms with Gasteiger partial charge in [0.05, 0.1) is 17.3 Å². The predicted molar refractivity (Wildman–Crippen MR) is 120 cm³/mol. The Morgan fingerprint density at radius 3 is 2.45 bits per heavy atom. The van der Waals surface area contributed by atoms with Crippen LogP contribution in [0.4, 0.5) is 5.69 Å². The van der Waals surface area contributed by atoms with Gasteiger partial charge in [0.1, 0.15) is 0 Å². The Hall–Kier alpha value is -3.44. The minimum absolute atomic E-state index is 0.0770. The van der Waals surface area contributed by atoms with Crippen molar-refractivity contribution in [2.75, 3.05) is 19.0 Å². The Bertz CT molecular complexity index is 1230. The molecule has 0 aliphatic rings. The molecule has 0 spiro atoms. The zero-order valence-corrected chi connectivity index (χ0v) is 16.8. The van der Waals surface area contributed by atoms with Crippen molar-refractivity contribution < 1.29 is 0 Å². The van der Waals surface area contributed by atoms with Gasteiger partial charge in [0.2, 0.25) is 0 Å². The molecule has 0 fully saturated rings. The molecule has 2 aromatic carbocycles. The van der Waals surface area contributed by atoms with Gasteiger partial charge >= 0.3 is 0 Å². The van der Waals surface area contributed by atoms with E-state index in [9.17, 15) is 4.79 Å². The number of anilines is 1. The summed E-state index contributed by atoms with van der Waals surface area (Å²) in [4.78, 5) is 20.1. The third-order valence-electron chi connectivity index (χ3n) is 5.11. The zero-order chi connectivity index (χ0) is 20.5. The predicted octanol–water partition coefficient (Wildman–Crippen LogP) is 4.14. The normalized spacial score (nSPS) is 12.1. The molecule has 0 bridgehead atoms. The number of benzene rings is 2. The molecule has 5 nitrogen and oxygen atoms in total. The Morgan fingerprint density at radius 1 is 1.00 bits per heavy atom. The summed E-state index contributed by atoms with van der Waals surface area (Å²) in [6.45, 7) is 1.90. The maximum absolute atomic E-state index is 13.7. The first-order chi connectivity index (χ1) is 14.0. The van der Waals surface area contributed by atoms with Gasteiger partial charge in [-0.05, 0) is 42.1 Å². The van der Waals surface area contributed by atoms with E-state index in [0.717, 1.165) is 33.6 Å². The fourth-order valence-corrected chi connectivity index (χ4v) is 3.62. The van der Waals surface area contributed by atoms with Crippen LogP contribution in [-0.4, -0.2) is 23.6 Å². The highest BCUT2D eigenvalue weighted by atomic mass is 16.1. The number of nitrogens with zero attached hydrogens (tertiary/aromatic N) is 3. The molecule has 0 aliphatic heterocycles. The number of aromatic nitrogens is 2. The van der Waals surface area contributed by atoms with Crippen LogP contribution in [-0.2, 0) is 0 Å². The van der Waals surface area contributed by atoms with Gasteiger partial charge in [0.15, 0.2) is 0 Å². The minimum atomic E-state index is -0.283. The maximum Gasteiger partial charge on any atom is 0.263 e. The molecule has 5 heteroatoms. The number of pyridine rings is 2. The third kappa shape index (κ3) is 3.41. The molecule has 2 aromatic heterocycles. The molecule has 29 heavy (non-hydrogen) atoms. The number of rotatable bonds is 4. The Labute approximate surface area is 170 Å². The van der Waals surface area contributed by atoms with E-state index in [0.29, 0.717) is 5.39 Å². The summed E-state index contributed by atoms with van der Waals surface area (Å²) in [5, 5.41) is 1.54. The summed E-state index contributed by atoms with van der Waals surface area (Å²) >= 11 is 0. The fourth-order valence-electron chi connectivity index (χ4n) is 3.62. The second kappa shape index (κ2) is 7.53. The molecule has 0 unspecified atom stereocenters. The van der Waals surface area contributed by atoms with Crippen LogP contribution in [0, 0.1) is 0 Å². The van der Waals surface area contributed by atoms with Crippen LogP contribution in [0.3, 0.4) is 0 Å². The molecule has 2 N–H and O–H groups in total. The van der Waals surface area contributed by atoms with Crippen molar-refractivity contribution in [2.24, 2.45) is 5.73 Å². The molecule has 4 aromatic rings. The summed E-state index contributed by atoms with van der Waals surface area (Å²) in [5.41, 5.74) is 10.5. The molecular weight excluding hydrogens is 360 g/mol. The van der Waals surface area contributed by atoms with Crippen molar-refractivity contribution >= 4 is 16.5 Å². The van der Waals surface area contributed by atoms with Crippen molar-refractivity contribution in [3.63, 3.8) is 0 Å². The number of fused-ring (bicyclic) bond motifs is 1. The van der Waals surface area contributed by atoms with E-state index in [1.54, 1.807) is 10.8 Å². The quantitative estimate of drug-likeness (QED) is 0.574. The lowest BCUT2D eigenvalue weighted by Gasteiger charge is -2.19. The van der Waals surface area contributed by atoms with Crippen LogP contribution in [0.5, 0.6) is 0 Å². The zero-order valence-electron chi connectivity index (χ0n) is 16.8. The van der Waals surface area contributed by atoms with Crippen molar-refractivity contribution in [3.8, 4) is 16.8 Å². The topological polar surface area (TPSA) is 64.2 Å². The fraction of sp³-hybridized carbons (Fsp3) is 0.167. The Morgan fingerprint density at radius 2 is 1.76 bits per heavy atom. The molecule has 0 saturated carbocycles. The van der Waals surface area contributed by atoms with Crippen molar-refractivity contribution in [1.29, 1.82) is 0 Å². The van der Waals surface area contributed by atoms with E-state index >= 15 is 0 Å². The number of para-hydroxylation sites is 1. The summed E-state index contributed by atoms with van der Waals surface area (Å²) in [5.74, 6) is 0. The van der Waals surface area contributed by atoms with Crippen LogP contribution < -0.4 is 16.2 Å². The van der Waals surface area contributed by atoms with Gasteiger partial charge in [-0.2, -0.15) is 0 Å². The van der Waals surface area contributed by atoms with Crippen molar-refractivity contribution in [2.45, 2.75) is 13.0 Å². The van der Waals surface area contributed by atoms with Crippen molar-refractivity contribution in [1.82, 2.24) is 9.55 Å². The number of hydrogen-bond donors (Lipinski definition) is 1. The average molecular weight is 384 g/mol. The van der Waals surface area contributed by atoms with E-state index in [1.807, 2.05) is 92.8 Å². The molecule has 0 aliphatic carbocycles. The van der Waals surface area contributed by atoms with Crippen LogP contribution in [0.2, 0.25) is 0 Å². The number of nitrogens with two attached hydrogens (primary N) is 1. The Kier molecular flexibility index (Phi) is 4.91. The van der Waals surface area contributed by atoms with Gasteiger partial charge < -0.3 is 10.6 Å². The lowest BCUT2D eigenvalue weighted by Crippen LogP contribution is -2.26. The van der Waals surface area contributed by atoms with Gasteiger partial charge in [0, 0.05) is 43.3 Å². The van der Waals surface area contributed by atoms with Gasteiger partial charge in [-0.25, -0.2) is 0 Å². The van der Waals surface area contributed by atoms with E-state index in [2.05, 4.69) is 4.98 Å². The van der Waals surface area contributed by atoms with E-state index in [-0.39, 0.29) is 11.6 Å². The third-order valence-corrected chi connectivity index (χ3v) is 5.11. The molecule has 0 amide bonds. The highest BCUT2D eigenvalue weighted by Crippen LogP contribution is 2.30. The minimum Gasteiger partial charge on any atom is -0.376 e. The van der Waals surface area contributed by atoms with Gasteiger partial charge in [-0.1, -0.05) is 36.4 Å².